The van der Waals surface area contributed by atoms with Gasteiger partial charge in [0.2, 0.25) is 0 Å². The van der Waals surface area contributed by atoms with E-state index in [1.54, 1.807) is 6.07 Å². The fourth-order valence-electron chi connectivity index (χ4n) is 2.74. The standard InChI is InChI=1S/C16H18N2O/c19-14-5-6-15-12(11-14)4-7-16(15)18-10-8-13-3-1-2-9-17-13/h1-3,5-6,9,11,16,18-19H,4,7-8,10H2. The predicted molar refractivity (Wildman–Crippen MR) is 75.1 cm³/mol. The van der Waals surface area contributed by atoms with Gasteiger partial charge < -0.3 is 10.4 Å². The molecule has 3 rings (SSSR count). The topological polar surface area (TPSA) is 45.1 Å². The zero-order valence-electron chi connectivity index (χ0n) is 10.8. The molecule has 3 nitrogen and oxygen atoms in total. The van der Waals surface area contributed by atoms with Gasteiger partial charge >= 0.3 is 0 Å². The van der Waals surface area contributed by atoms with E-state index in [9.17, 15) is 5.11 Å². The predicted octanol–water partition coefficient (Wildman–Crippen LogP) is 2.61. The van der Waals surface area contributed by atoms with Gasteiger partial charge in [0.05, 0.1) is 0 Å². The Hall–Kier alpha value is -1.87. The van der Waals surface area contributed by atoms with Crippen LogP contribution in [0.15, 0.2) is 42.6 Å². The van der Waals surface area contributed by atoms with Gasteiger partial charge in [-0.1, -0.05) is 12.1 Å². The van der Waals surface area contributed by atoms with Crippen LogP contribution in [0.4, 0.5) is 0 Å². The number of phenolic OH excluding ortho intramolecular Hbond substituents is 1. The Balaban J connectivity index is 1.58. The number of aromatic hydroxyl groups is 1. The maximum atomic E-state index is 9.48. The summed E-state index contributed by atoms with van der Waals surface area (Å²) in [5, 5.41) is 13.1. The van der Waals surface area contributed by atoms with E-state index >= 15 is 0 Å². The summed E-state index contributed by atoms with van der Waals surface area (Å²) in [6, 6.07) is 12.1. The summed E-state index contributed by atoms with van der Waals surface area (Å²) in [6.45, 7) is 0.933. The minimum Gasteiger partial charge on any atom is -0.508 e. The second-order valence-electron chi connectivity index (χ2n) is 5.00. The molecule has 98 valence electrons. The summed E-state index contributed by atoms with van der Waals surface area (Å²) in [4.78, 5) is 4.33. The molecule has 1 atom stereocenters. The van der Waals surface area contributed by atoms with Gasteiger partial charge in [-0.25, -0.2) is 0 Å². The number of aromatic nitrogens is 1. The minimum absolute atomic E-state index is 0.368. The molecule has 0 saturated heterocycles. The van der Waals surface area contributed by atoms with Crippen molar-refractivity contribution in [2.75, 3.05) is 6.54 Å². The molecule has 0 saturated carbocycles. The number of pyridine rings is 1. The van der Waals surface area contributed by atoms with Crippen molar-refractivity contribution in [1.29, 1.82) is 0 Å². The lowest BCUT2D eigenvalue weighted by Crippen LogP contribution is -2.22. The molecule has 0 fully saturated rings. The average Bonchev–Trinajstić information content (AvgIpc) is 2.82. The van der Waals surface area contributed by atoms with Crippen molar-refractivity contribution in [1.82, 2.24) is 10.3 Å². The highest BCUT2D eigenvalue weighted by molar-refractivity contribution is 5.40. The molecule has 1 unspecified atom stereocenters. The monoisotopic (exact) mass is 254 g/mol. The van der Waals surface area contributed by atoms with Gasteiger partial charge in [-0.2, -0.15) is 0 Å². The van der Waals surface area contributed by atoms with Crippen LogP contribution >= 0.6 is 0 Å². The van der Waals surface area contributed by atoms with Crippen molar-refractivity contribution < 1.29 is 5.11 Å². The van der Waals surface area contributed by atoms with Crippen LogP contribution < -0.4 is 5.32 Å². The molecule has 3 heteroatoms. The summed E-state index contributed by atoms with van der Waals surface area (Å²) in [6.07, 6.45) is 4.94. The molecular formula is C16H18N2O. The van der Waals surface area contributed by atoms with Gasteiger partial charge in [-0.15, -0.1) is 0 Å². The molecule has 0 bridgehead atoms. The normalized spacial score (nSPS) is 17.4. The lowest BCUT2D eigenvalue weighted by molar-refractivity contribution is 0.474. The number of phenols is 1. The van der Waals surface area contributed by atoms with Gasteiger partial charge in [0.1, 0.15) is 5.75 Å². The first kappa shape index (κ1) is 12.2. The van der Waals surface area contributed by atoms with E-state index in [1.807, 2.05) is 30.5 Å². The summed E-state index contributed by atoms with van der Waals surface area (Å²) >= 11 is 0. The number of nitrogens with zero attached hydrogens (tertiary/aromatic N) is 1. The lowest BCUT2D eigenvalue weighted by Gasteiger charge is -2.13. The first-order valence-corrected chi connectivity index (χ1v) is 6.78. The third-order valence-corrected chi connectivity index (χ3v) is 3.70. The lowest BCUT2D eigenvalue weighted by atomic mass is 10.1. The number of nitrogens with one attached hydrogen (secondary N) is 1. The zero-order valence-corrected chi connectivity index (χ0v) is 10.8. The molecule has 1 aromatic heterocycles. The van der Waals surface area contributed by atoms with Crippen molar-refractivity contribution >= 4 is 0 Å². The van der Waals surface area contributed by atoms with E-state index in [4.69, 9.17) is 0 Å². The van der Waals surface area contributed by atoms with Crippen LogP contribution in [-0.4, -0.2) is 16.6 Å². The molecule has 1 aliphatic carbocycles. The third kappa shape index (κ3) is 2.76. The van der Waals surface area contributed by atoms with Crippen LogP contribution in [0.1, 0.15) is 29.3 Å². The van der Waals surface area contributed by atoms with Crippen LogP contribution in [0, 0.1) is 0 Å². The third-order valence-electron chi connectivity index (χ3n) is 3.70. The van der Waals surface area contributed by atoms with E-state index in [2.05, 4.69) is 16.4 Å². The minimum atomic E-state index is 0.368. The van der Waals surface area contributed by atoms with E-state index in [0.29, 0.717) is 11.8 Å². The van der Waals surface area contributed by atoms with E-state index in [0.717, 1.165) is 31.5 Å². The van der Waals surface area contributed by atoms with Crippen molar-refractivity contribution in [3.63, 3.8) is 0 Å². The van der Waals surface area contributed by atoms with Crippen molar-refractivity contribution in [2.45, 2.75) is 25.3 Å². The van der Waals surface area contributed by atoms with Gasteiger partial charge in [-0.05, 0) is 48.2 Å². The average molecular weight is 254 g/mol. The molecule has 0 amide bonds. The van der Waals surface area contributed by atoms with Gasteiger partial charge in [-0.3, -0.25) is 4.98 Å². The first-order valence-electron chi connectivity index (χ1n) is 6.78. The summed E-state index contributed by atoms with van der Waals surface area (Å²) in [5.74, 6) is 0.368. The quantitative estimate of drug-likeness (QED) is 0.881. The number of fused-ring (bicyclic) bond motifs is 1. The summed E-state index contributed by atoms with van der Waals surface area (Å²) < 4.78 is 0. The maximum absolute atomic E-state index is 9.48. The Bertz CT molecular complexity index is 554. The van der Waals surface area contributed by atoms with Crippen LogP contribution in [0.2, 0.25) is 0 Å². The van der Waals surface area contributed by atoms with Crippen LogP contribution in [0.3, 0.4) is 0 Å². The summed E-state index contributed by atoms with van der Waals surface area (Å²) in [5.41, 5.74) is 3.73. The zero-order chi connectivity index (χ0) is 13.1. The number of hydrogen-bond donors (Lipinski definition) is 2. The number of aryl methyl sites for hydroxylation is 1. The Morgan fingerprint density at radius 3 is 3.05 bits per heavy atom. The van der Waals surface area contributed by atoms with E-state index in [-0.39, 0.29) is 0 Å². The molecule has 2 aromatic rings. The fraction of sp³-hybridized carbons (Fsp3) is 0.312. The number of rotatable bonds is 4. The number of benzene rings is 1. The van der Waals surface area contributed by atoms with Gasteiger partial charge in [0.25, 0.3) is 0 Å². The Kier molecular flexibility index (Phi) is 3.47. The van der Waals surface area contributed by atoms with E-state index < -0.39 is 0 Å². The van der Waals surface area contributed by atoms with Crippen molar-refractivity contribution in [3.8, 4) is 5.75 Å². The number of hydrogen-bond acceptors (Lipinski definition) is 3. The highest BCUT2D eigenvalue weighted by atomic mass is 16.3. The molecule has 1 heterocycles. The second kappa shape index (κ2) is 5.41. The van der Waals surface area contributed by atoms with Gasteiger partial charge in [0, 0.05) is 30.9 Å². The molecule has 1 aliphatic rings. The highest BCUT2D eigenvalue weighted by Gasteiger charge is 2.21. The largest absolute Gasteiger partial charge is 0.508 e. The Labute approximate surface area is 113 Å². The molecule has 0 spiro atoms. The molecule has 19 heavy (non-hydrogen) atoms. The molecular weight excluding hydrogens is 236 g/mol. The highest BCUT2D eigenvalue weighted by Crippen LogP contribution is 2.33. The molecule has 0 radical (unpaired) electrons. The van der Waals surface area contributed by atoms with Crippen LogP contribution in [-0.2, 0) is 12.8 Å². The smallest absolute Gasteiger partial charge is 0.115 e. The van der Waals surface area contributed by atoms with Crippen molar-refractivity contribution in [3.05, 3.63) is 59.4 Å². The van der Waals surface area contributed by atoms with E-state index in [1.165, 1.54) is 11.1 Å². The Morgan fingerprint density at radius 1 is 1.26 bits per heavy atom. The Morgan fingerprint density at radius 2 is 2.21 bits per heavy atom. The van der Waals surface area contributed by atoms with Gasteiger partial charge in [0.15, 0.2) is 0 Å². The molecule has 0 aliphatic heterocycles. The second-order valence-corrected chi connectivity index (χ2v) is 5.00. The maximum Gasteiger partial charge on any atom is 0.115 e. The SMILES string of the molecule is Oc1ccc2c(c1)CCC2NCCc1ccccn1. The molecule has 2 N–H and O–H groups in total. The molecule has 1 aromatic carbocycles. The van der Waals surface area contributed by atoms with Crippen LogP contribution in [0.5, 0.6) is 5.75 Å². The summed E-state index contributed by atoms with van der Waals surface area (Å²) in [7, 11) is 0. The first-order chi connectivity index (χ1) is 9.33. The van der Waals surface area contributed by atoms with Crippen LogP contribution in [0.25, 0.3) is 0 Å². The fourth-order valence-corrected chi connectivity index (χ4v) is 2.74. The van der Waals surface area contributed by atoms with Crippen molar-refractivity contribution in [2.24, 2.45) is 0 Å².